The van der Waals surface area contributed by atoms with Crippen molar-refractivity contribution in [1.82, 2.24) is 4.98 Å². The molecule has 0 fully saturated rings. The molecule has 5 nitrogen and oxygen atoms in total. The van der Waals surface area contributed by atoms with Crippen molar-refractivity contribution in [3.8, 4) is 17.0 Å². The predicted molar refractivity (Wildman–Crippen MR) is 91.1 cm³/mol. The van der Waals surface area contributed by atoms with Gasteiger partial charge in [-0.25, -0.2) is 9.55 Å². The highest BCUT2D eigenvalue weighted by Crippen LogP contribution is 2.50. The molecule has 0 atom stereocenters. The lowest BCUT2D eigenvalue weighted by atomic mass is 10.0. The Labute approximate surface area is 140 Å². The van der Waals surface area contributed by atoms with Gasteiger partial charge in [-0.3, -0.25) is 9.05 Å². The first kappa shape index (κ1) is 16.7. The minimum absolute atomic E-state index is 0.262. The lowest BCUT2D eigenvalue weighted by Crippen LogP contribution is -2.02. The maximum Gasteiger partial charge on any atom is 0.530 e. The molecule has 0 N–H and O–H groups in total. The van der Waals surface area contributed by atoms with Crippen LogP contribution in [0, 0.1) is 0 Å². The van der Waals surface area contributed by atoms with E-state index in [0.717, 1.165) is 30.5 Å². The smallest absolute Gasteiger partial charge is 0.404 e. The molecule has 1 aromatic carbocycles. The average molecular weight is 353 g/mol. The second-order valence-corrected chi connectivity index (χ2v) is 7.70. The monoisotopic (exact) mass is 353 g/mol. The molecule has 1 aromatic heterocycles. The van der Waals surface area contributed by atoms with Gasteiger partial charge in [-0.15, -0.1) is 11.3 Å². The molecule has 0 aliphatic heterocycles. The largest absolute Gasteiger partial charge is 0.530 e. The maximum atomic E-state index is 12.5. The van der Waals surface area contributed by atoms with Crippen LogP contribution in [0.4, 0.5) is 0 Å². The van der Waals surface area contributed by atoms with E-state index in [1.54, 1.807) is 25.2 Å². The normalized spacial score (nSPS) is 14.0. The maximum absolute atomic E-state index is 12.5. The van der Waals surface area contributed by atoms with Crippen LogP contribution in [-0.2, 0) is 26.5 Å². The lowest BCUT2D eigenvalue weighted by molar-refractivity contribution is 0.167. The molecule has 124 valence electrons. The van der Waals surface area contributed by atoms with Crippen LogP contribution in [0.1, 0.15) is 30.7 Å². The molecule has 0 radical (unpaired) electrons. The summed E-state index contributed by atoms with van der Waals surface area (Å²) in [6, 6.07) is 5.73. The predicted octanol–water partition coefficient (Wildman–Crippen LogP) is 4.86. The molecule has 1 aliphatic rings. The third-order valence-electron chi connectivity index (χ3n) is 3.62. The third kappa shape index (κ3) is 3.66. The van der Waals surface area contributed by atoms with E-state index in [1.807, 2.05) is 23.7 Å². The van der Waals surface area contributed by atoms with Gasteiger partial charge >= 0.3 is 7.82 Å². The van der Waals surface area contributed by atoms with E-state index in [1.165, 1.54) is 10.4 Å². The van der Waals surface area contributed by atoms with E-state index in [-0.39, 0.29) is 13.2 Å². The summed E-state index contributed by atoms with van der Waals surface area (Å²) in [6.07, 6.45) is 3.16. The van der Waals surface area contributed by atoms with Gasteiger partial charge in [-0.1, -0.05) is 6.07 Å². The van der Waals surface area contributed by atoms with Crippen LogP contribution in [0.2, 0.25) is 0 Å². The third-order valence-corrected chi connectivity index (χ3v) is 6.10. The van der Waals surface area contributed by atoms with Gasteiger partial charge in [0.05, 0.1) is 24.4 Å². The van der Waals surface area contributed by atoms with E-state index in [2.05, 4.69) is 4.98 Å². The van der Waals surface area contributed by atoms with Gasteiger partial charge < -0.3 is 4.52 Å². The van der Waals surface area contributed by atoms with Crippen molar-refractivity contribution in [1.29, 1.82) is 0 Å². The Morgan fingerprint density at radius 2 is 2.00 bits per heavy atom. The highest BCUT2D eigenvalue weighted by molar-refractivity contribution is 7.48. The number of phosphoric acid groups is 1. The summed E-state index contributed by atoms with van der Waals surface area (Å²) in [5.74, 6) is 0.481. The molecular weight excluding hydrogens is 333 g/mol. The molecule has 0 saturated carbocycles. The van der Waals surface area contributed by atoms with Crippen LogP contribution in [-0.4, -0.2) is 18.2 Å². The molecule has 0 bridgehead atoms. The lowest BCUT2D eigenvalue weighted by Gasteiger charge is -2.18. The Bertz CT molecular complexity index is 721. The summed E-state index contributed by atoms with van der Waals surface area (Å²) in [7, 11) is -3.58. The van der Waals surface area contributed by atoms with Gasteiger partial charge in [0.1, 0.15) is 5.75 Å². The van der Waals surface area contributed by atoms with Crippen molar-refractivity contribution in [2.75, 3.05) is 13.2 Å². The topological polar surface area (TPSA) is 57.7 Å². The molecule has 2 aromatic rings. The molecule has 0 amide bonds. The first-order valence-corrected chi connectivity index (χ1v) is 10.1. The number of phosphoric ester groups is 1. The first-order valence-electron chi connectivity index (χ1n) is 7.79. The van der Waals surface area contributed by atoms with Gasteiger partial charge in [0.25, 0.3) is 0 Å². The van der Waals surface area contributed by atoms with Crippen LogP contribution in [0.5, 0.6) is 5.75 Å². The van der Waals surface area contributed by atoms with Crippen LogP contribution in [0.3, 0.4) is 0 Å². The Morgan fingerprint density at radius 1 is 1.22 bits per heavy atom. The van der Waals surface area contributed by atoms with E-state index < -0.39 is 7.82 Å². The van der Waals surface area contributed by atoms with Crippen molar-refractivity contribution in [3.05, 3.63) is 34.2 Å². The van der Waals surface area contributed by atoms with Crippen molar-refractivity contribution in [3.63, 3.8) is 0 Å². The number of hydrogen-bond acceptors (Lipinski definition) is 6. The number of thiazole rings is 1. The molecule has 23 heavy (non-hydrogen) atoms. The fourth-order valence-electron chi connectivity index (χ4n) is 2.69. The van der Waals surface area contributed by atoms with Crippen molar-refractivity contribution in [2.24, 2.45) is 0 Å². The minimum atomic E-state index is -3.58. The van der Waals surface area contributed by atoms with Crippen molar-refractivity contribution >= 4 is 19.2 Å². The fourth-order valence-corrected chi connectivity index (χ4v) is 4.70. The van der Waals surface area contributed by atoms with E-state index in [9.17, 15) is 4.57 Å². The summed E-state index contributed by atoms with van der Waals surface area (Å²) in [5, 5.41) is 0. The summed E-state index contributed by atoms with van der Waals surface area (Å²) >= 11 is 1.68. The fraction of sp³-hybridized carbons (Fsp3) is 0.438. The summed E-state index contributed by atoms with van der Waals surface area (Å²) in [6.45, 7) is 4.04. The molecule has 0 unspecified atom stereocenters. The molecule has 1 heterocycles. The Balaban J connectivity index is 1.94. The highest BCUT2D eigenvalue weighted by Gasteiger charge is 2.28. The number of benzene rings is 1. The zero-order valence-electron chi connectivity index (χ0n) is 13.3. The van der Waals surface area contributed by atoms with Crippen LogP contribution >= 0.6 is 19.2 Å². The van der Waals surface area contributed by atoms with Crippen molar-refractivity contribution < 1.29 is 18.1 Å². The average Bonchev–Trinajstić information content (AvgIpc) is 2.90. The molecular formula is C16H20NO4PS. The first-order chi connectivity index (χ1) is 11.1. The number of aryl methyl sites for hydroxylation is 2. The molecule has 0 saturated heterocycles. The number of fused-ring (bicyclic) bond motifs is 3. The quantitative estimate of drug-likeness (QED) is 0.694. The Hall–Kier alpha value is -1.20. The summed E-state index contributed by atoms with van der Waals surface area (Å²) in [5.41, 5.74) is 5.18. The summed E-state index contributed by atoms with van der Waals surface area (Å²) < 4.78 is 28.5. The van der Waals surface area contributed by atoms with E-state index >= 15 is 0 Å². The van der Waals surface area contributed by atoms with E-state index in [0.29, 0.717) is 5.75 Å². The highest BCUT2D eigenvalue weighted by atomic mass is 32.1. The van der Waals surface area contributed by atoms with Gasteiger partial charge in [0.2, 0.25) is 0 Å². The standard InChI is InChI=1S/C16H20NO4PS/c1-3-19-22(18,20-4-2)21-13-9-8-12-6-5-7-15-16(14(12)10-13)17-11-23-15/h8-11H,3-7H2,1-2H3. The van der Waals surface area contributed by atoms with Crippen LogP contribution in [0.15, 0.2) is 23.7 Å². The minimum Gasteiger partial charge on any atom is -0.404 e. The number of aromatic nitrogens is 1. The van der Waals surface area contributed by atoms with Gasteiger partial charge in [-0.2, -0.15) is 0 Å². The summed E-state index contributed by atoms with van der Waals surface area (Å²) in [4.78, 5) is 5.79. The number of hydrogen-bond donors (Lipinski definition) is 0. The number of nitrogens with zero attached hydrogens (tertiary/aromatic N) is 1. The second kappa shape index (κ2) is 7.14. The van der Waals surface area contributed by atoms with Gasteiger partial charge in [0.15, 0.2) is 0 Å². The molecule has 0 spiro atoms. The van der Waals surface area contributed by atoms with Gasteiger partial charge in [0, 0.05) is 10.4 Å². The van der Waals surface area contributed by atoms with Crippen LogP contribution < -0.4 is 4.52 Å². The molecule has 7 heteroatoms. The SMILES string of the molecule is CCOP(=O)(OCC)Oc1ccc2c(c1)-c1ncsc1CCC2. The Kier molecular flexibility index (Phi) is 5.17. The van der Waals surface area contributed by atoms with Crippen LogP contribution in [0.25, 0.3) is 11.3 Å². The molecule has 3 rings (SSSR count). The molecule has 1 aliphatic carbocycles. The Morgan fingerprint density at radius 3 is 2.74 bits per heavy atom. The second-order valence-electron chi connectivity index (χ2n) is 5.17. The zero-order valence-corrected chi connectivity index (χ0v) is 15.0. The van der Waals surface area contributed by atoms with E-state index in [4.69, 9.17) is 13.6 Å². The van der Waals surface area contributed by atoms with Gasteiger partial charge in [-0.05, 0) is 50.8 Å². The number of rotatable bonds is 6. The van der Waals surface area contributed by atoms with Crippen molar-refractivity contribution in [2.45, 2.75) is 33.1 Å². The zero-order chi connectivity index (χ0) is 16.3.